The molecule has 3 heteroatoms. The molecule has 24 heavy (non-hydrogen) atoms. The van der Waals surface area contributed by atoms with Gasteiger partial charge in [0.15, 0.2) is 0 Å². The van der Waals surface area contributed by atoms with E-state index in [1.54, 1.807) is 0 Å². The highest BCUT2D eigenvalue weighted by Crippen LogP contribution is 2.16. The smallest absolute Gasteiger partial charge is 0.387 e. The lowest BCUT2D eigenvalue weighted by Gasteiger charge is -2.34. The molecule has 2 nitrogen and oxygen atoms in total. The topological polar surface area (TPSA) is 18.5 Å². The molecule has 2 rings (SSSR count). The van der Waals surface area contributed by atoms with Gasteiger partial charge < -0.3 is 8.85 Å². The first-order valence-electron chi connectivity index (χ1n) is 8.62. The van der Waals surface area contributed by atoms with Crippen LogP contribution in [0.25, 0.3) is 0 Å². The van der Waals surface area contributed by atoms with Crippen LogP contribution in [-0.2, 0) is 8.85 Å². The van der Waals surface area contributed by atoms with Gasteiger partial charge in [-0.1, -0.05) is 80.6 Å². The maximum Gasteiger partial charge on any atom is 0.407 e. The third-order valence-corrected chi connectivity index (χ3v) is 7.29. The Labute approximate surface area is 147 Å². The van der Waals surface area contributed by atoms with Gasteiger partial charge in [0, 0.05) is 12.7 Å². The molecule has 0 bridgehead atoms. The Kier molecular flexibility index (Phi) is 6.97. The molecule has 0 radical (unpaired) electrons. The van der Waals surface area contributed by atoms with Gasteiger partial charge in [-0.3, -0.25) is 0 Å². The van der Waals surface area contributed by atoms with E-state index in [1.165, 1.54) is 0 Å². The summed E-state index contributed by atoms with van der Waals surface area (Å²) in [5, 5.41) is 2.29. The van der Waals surface area contributed by atoms with Crippen molar-refractivity contribution in [1.82, 2.24) is 0 Å². The van der Waals surface area contributed by atoms with Crippen LogP contribution in [0.3, 0.4) is 0 Å². The van der Waals surface area contributed by atoms with Gasteiger partial charge >= 0.3 is 8.56 Å². The van der Waals surface area contributed by atoms with Crippen molar-refractivity contribution in [2.45, 2.75) is 33.3 Å². The average Bonchev–Trinajstić information content (AvgIpc) is 2.60. The van der Waals surface area contributed by atoms with E-state index in [2.05, 4.69) is 75.9 Å². The molecule has 0 fully saturated rings. The molecule has 0 aliphatic rings. The van der Waals surface area contributed by atoms with Gasteiger partial charge in [-0.2, -0.15) is 0 Å². The Hall–Kier alpha value is -1.68. The van der Waals surface area contributed by atoms with Crippen LogP contribution in [0.4, 0.5) is 0 Å². The molecule has 1 atom stereocenters. The standard InChI is InChI=1S/C21H28O2Si/c1-5-12-19(4)23-24(22-17-18(2)3,20-13-8-6-9-14-20)21-15-10-7-11-16-21/h5-11,13-16,18-19H,1,12,17H2,2-4H3. The zero-order valence-electron chi connectivity index (χ0n) is 14.9. The van der Waals surface area contributed by atoms with E-state index in [4.69, 9.17) is 8.85 Å². The predicted molar refractivity (Wildman–Crippen MR) is 104 cm³/mol. The van der Waals surface area contributed by atoms with Crippen molar-refractivity contribution in [1.29, 1.82) is 0 Å². The van der Waals surface area contributed by atoms with Crippen molar-refractivity contribution in [3.63, 3.8) is 0 Å². The van der Waals surface area contributed by atoms with Crippen molar-refractivity contribution in [3.05, 3.63) is 73.3 Å². The van der Waals surface area contributed by atoms with Crippen molar-refractivity contribution in [3.8, 4) is 0 Å². The van der Waals surface area contributed by atoms with Crippen LogP contribution in [0.15, 0.2) is 73.3 Å². The first-order chi connectivity index (χ1) is 11.6. The zero-order valence-corrected chi connectivity index (χ0v) is 15.9. The fraction of sp³-hybridized carbons (Fsp3) is 0.333. The highest BCUT2D eigenvalue weighted by Gasteiger charge is 2.44. The lowest BCUT2D eigenvalue weighted by molar-refractivity contribution is 0.133. The minimum atomic E-state index is -2.76. The molecule has 0 amide bonds. The summed E-state index contributed by atoms with van der Waals surface area (Å²) in [6.07, 6.45) is 2.77. The van der Waals surface area contributed by atoms with Crippen molar-refractivity contribution >= 4 is 18.9 Å². The summed E-state index contributed by atoms with van der Waals surface area (Å²) in [4.78, 5) is 0. The first kappa shape index (κ1) is 18.7. The third-order valence-electron chi connectivity index (χ3n) is 3.79. The molecule has 2 aromatic rings. The largest absolute Gasteiger partial charge is 0.407 e. The summed E-state index contributed by atoms with van der Waals surface area (Å²) in [7, 11) is -2.76. The summed E-state index contributed by atoms with van der Waals surface area (Å²) in [6, 6.07) is 20.8. The molecular formula is C21H28O2Si. The van der Waals surface area contributed by atoms with Crippen LogP contribution in [0.1, 0.15) is 27.2 Å². The van der Waals surface area contributed by atoms with Crippen LogP contribution < -0.4 is 10.4 Å². The monoisotopic (exact) mass is 340 g/mol. The van der Waals surface area contributed by atoms with Gasteiger partial charge in [-0.15, -0.1) is 6.58 Å². The quantitative estimate of drug-likeness (QED) is 0.509. The second-order valence-electron chi connectivity index (χ2n) is 6.51. The third kappa shape index (κ3) is 4.66. The fourth-order valence-electron chi connectivity index (χ4n) is 2.67. The lowest BCUT2D eigenvalue weighted by Crippen LogP contribution is -2.64. The Morgan fingerprint density at radius 1 is 0.917 bits per heavy atom. The molecular weight excluding hydrogens is 312 g/mol. The van der Waals surface area contributed by atoms with E-state index in [9.17, 15) is 0 Å². The summed E-state index contributed by atoms with van der Waals surface area (Å²) in [5.74, 6) is 0.447. The molecule has 1 unspecified atom stereocenters. The number of rotatable bonds is 9. The number of hydrogen-bond acceptors (Lipinski definition) is 2. The second kappa shape index (κ2) is 8.97. The Morgan fingerprint density at radius 3 is 1.83 bits per heavy atom. The molecule has 0 heterocycles. The summed E-state index contributed by atoms with van der Waals surface area (Å²) < 4.78 is 13.2. The van der Waals surface area contributed by atoms with Crippen LogP contribution in [0.5, 0.6) is 0 Å². The molecule has 128 valence electrons. The van der Waals surface area contributed by atoms with Crippen molar-refractivity contribution in [2.24, 2.45) is 5.92 Å². The number of benzene rings is 2. The van der Waals surface area contributed by atoms with E-state index in [0.717, 1.165) is 16.8 Å². The second-order valence-corrected chi connectivity index (χ2v) is 9.42. The molecule has 0 aliphatic heterocycles. The summed E-state index contributed by atoms with van der Waals surface area (Å²) >= 11 is 0. The molecule has 0 aliphatic carbocycles. The van der Waals surface area contributed by atoms with E-state index < -0.39 is 8.56 Å². The highest BCUT2D eigenvalue weighted by molar-refractivity contribution is 6.92. The van der Waals surface area contributed by atoms with Gasteiger partial charge in [0.2, 0.25) is 0 Å². The Morgan fingerprint density at radius 2 is 1.42 bits per heavy atom. The van der Waals surface area contributed by atoms with Gasteiger partial charge in [-0.25, -0.2) is 0 Å². The molecule has 0 N–H and O–H groups in total. The lowest BCUT2D eigenvalue weighted by atomic mass is 10.2. The van der Waals surface area contributed by atoms with Crippen LogP contribution in [-0.4, -0.2) is 21.3 Å². The van der Waals surface area contributed by atoms with E-state index in [1.807, 2.05) is 18.2 Å². The molecule has 2 aromatic carbocycles. The van der Waals surface area contributed by atoms with Gasteiger partial charge in [-0.05, 0) is 29.6 Å². The molecule has 0 saturated carbocycles. The SMILES string of the molecule is C=CCC(C)O[Si](OCC(C)C)(c1ccccc1)c1ccccc1. The van der Waals surface area contributed by atoms with Crippen LogP contribution >= 0.6 is 0 Å². The normalized spacial score (nSPS) is 13.0. The maximum atomic E-state index is 6.65. The molecule has 0 spiro atoms. The summed E-state index contributed by atoms with van der Waals surface area (Å²) in [6.45, 7) is 11.0. The highest BCUT2D eigenvalue weighted by atomic mass is 28.4. The van der Waals surface area contributed by atoms with Crippen molar-refractivity contribution in [2.75, 3.05) is 6.61 Å². The number of hydrogen-bond donors (Lipinski definition) is 0. The van der Waals surface area contributed by atoms with Crippen molar-refractivity contribution < 1.29 is 8.85 Å². The van der Waals surface area contributed by atoms with Gasteiger partial charge in [0.1, 0.15) is 0 Å². The van der Waals surface area contributed by atoms with E-state index in [0.29, 0.717) is 12.5 Å². The minimum Gasteiger partial charge on any atom is -0.387 e. The first-order valence-corrected chi connectivity index (χ1v) is 10.4. The molecule has 0 aromatic heterocycles. The van der Waals surface area contributed by atoms with E-state index in [-0.39, 0.29) is 6.10 Å². The maximum absolute atomic E-state index is 6.65. The fourth-order valence-corrected chi connectivity index (χ4v) is 6.17. The van der Waals surface area contributed by atoms with Crippen LogP contribution in [0.2, 0.25) is 0 Å². The van der Waals surface area contributed by atoms with Crippen LogP contribution in [0, 0.1) is 5.92 Å². The zero-order chi connectivity index (χ0) is 17.4. The predicted octanol–water partition coefficient (Wildman–Crippen LogP) is 3.90. The van der Waals surface area contributed by atoms with Gasteiger partial charge in [0.05, 0.1) is 0 Å². The minimum absolute atomic E-state index is 0.0572. The van der Waals surface area contributed by atoms with E-state index >= 15 is 0 Å². The Bertz CT molecular complexity index is 571. The molecule has 0 saturated heterocycles. The summed E-state index contributed by atoms with van der Waals surface area (Å²) in [5.41, 5.74) is 0. The Balaban J connectivity index is 2.51. The average molecular weight is 341 g/mol. The van der Waals surface area contributed by atoms with Gasteiger partial charge in [0.25, 0.3) is 0 Å².